The zero-order valence-electron chi connectivity index (χ0n) is 22.4. The molecule has 9 heteroatoms. The van der Waals surface area contributed by atoms with Crippen molar-refractivity contribution in [3.63, 3.8) is 0 Å². The van der Waals surface area contributed by atoms with Crippen molar-refractivity contribution >= 4 is 21.9 Å². The van der Waals surface area contributed by atoms with Crippen LogP contribution in [0.5, 0.6) is 5.75 Å². The Labute approximate surface area is 236 Å². The van der Waals surface area contributed by atoms with Crippen molar-refractivity contribution in [1.29, 1.82) is 0 Å². The quantitative estimate of drug-likeness (QED) is 0.324. The monoisotopic (exact) mass is 564 g/mol. The van der Waals surface area contributed by atoms with Crippen molar-refractivity contribution in [3.05, 3.63) is 102 Å². The number of carbonyl (C=O) groups excluding carboxylic acids is 1. The van der Waals surface area contributed by atoms with Gasteiger partial charge in [-0.25, -0.2) is 17.5 Å². The highest BCUT2D eigenvalue weighted by atomic mass is 32.2. The van der Waals surface area contributed by atoms with Crippen molar-refractivity contribution in [1.82, 2.24) is 9.62 Å². The molecule has 1 heterocycles. The molecule has 8 nitrogen and oxygen atoms in total. The van der Waals surface area contributed by atoms with Gasteiger partial charge in [-0.05, 0) is 54.0 Å². The van der Waals surface area contributed by atoms with Crippen LogP contribution in [0.1, 0.15) is 36.0 Å². The molecule has 0 bridgehead atoms. The Hall–Kier alpha value is -3.69. The van der Waals surface area contributed by atoms with E-state index in [-0.39, 0.29) is 30.4 Å². The summed E-state index contributed by atoms with van der Waals surface area (Å²) in [6, 6.07) is 25.5. The zero-order valence-corrected chi connectivity index (χ0v) is 23.3. The number of sulfonamides is 1. The van der Waals surface area contributed by atoms with Gasteiger partial charge in [0.25, 0.3) is 0 Å². The lowest BCUT2D eigenvalue weighted by molar-refractivity contribution is -0.142. The molecule has 1 aliphatic heterocycles. The molecule has 4 rings (SSSR count). The summed E-state index contributed by atoms with van der Waals surface area (Å²) in [6.07, 6.45) is 1.93. The third kappa shape index (κ3) is 8.93. The van der Waals surface area contributed by atoms with Gasteiger partial charge >= 0.3 is 5.97 Å². The van der Waals surface area contributed by atoms with Gasteiger partial charge in [0, 0.05) is 25.9 Å². The Morgan fingerprint density at radius 3 is 2.08 bits per heavy atom. The molecular formula is C31H36N2O6S. The second-order valence-electron chi connectivity index (χ2n) is 10.2. The number of nitrogens with zero attached hydrogens (tertiary/aromatic N) is 1. The number of rotatable bonds is 13. The second-order valence-corrected chi connectivity index (χ2v) is 12.3. The topological polar surface area (TPSA) is 113 Å². The van der Waals surface area contributed by atoms with E-state index < -0.39 is 22.0 Å². The summed E-state index contributed by atoms with van der Waals surface area (Å²) in [6.45, 7) is 1.18. The minimum atomic E-state index is -3.37. The van der Waals surface area contributed by atoms with E-state index in [1.807, 2.05) is 60.7 Å². The number of amides is 1. The number of hydrogen-bond donors (Lipinski definition) is 2. The molecule has 0 radical (unpaired) electrons. The molecule has 0 aromatic heterocycles. The highest BCUT2D eigenvalue weighted by Gasteiger charge is 2.29. The van der Waals surface area contributed by atoms with Crippen molar-refractivity contribution in [3.8, 4) is 5.75 Å². The number of nitrogens with one attached hydrogen (secondary N) is 1. The number of carboxylic acids is 1. The van der Waals surface area contributed by atoms with Gasteiger partial charge in [-0.15, -0.1) is 0 Å². The van der Waals surface area contributed by atoms with Crippen LogP contribution >= 0.6 is 0 Å². The molecule has 2 N–H and O–H groups in total. The van der Waals surface area contributed by atoms with Gasteiger partial charge in [-0.1, -0.05) is 72.8 Å². The third-order valence-electron chi connectivity index (χ3n) is 7.18. The van der Waals surface area contributed by atoms with Crippen LogP contribution in [0.3, 0.4) is 0 Å². The van der Waals surface area contributed by atoms with E-state index in [2.05, 4.69) is 5.32 Å². The molecule has 1 atom stereocenters. The summed E-state index contributed by atoms with van der Waals surface area (Å²) in [4.78, 5) is 24.6. The summed E-state index contributed by atoms with van der Waals surface area (Å²) in [5.74, 6) is -0.687. The van der Waals surface area contributed by atoms with Gasteiger partial charge < -0.3 is 15.2 Å². The molecule has 212 valence electrons. The van der Waals surface area contributed by atoms with Crippen molar-refractivity contribution in [2.45, 2.75) is 44.8 Å². The number of piperidine rings is 1. The highest BCUT2D eigenvalue weighted by Crippen LogP contribution is 2.23. The van der Waals surface area contributed by atoms with Crippen LogP contribution in [0.2, 0.25) is 0 Å². The van der Waals surface area contributed by atoms with Gasteiger partial charge in [0.15, 0.2) is 0 Å². The number of carbonyl (C=O) groups is 2. The lowest BCUT2D eigenvalue weighted by Gasteiger charge is -2.31. The first-order valence-corrected chi connectivity index (χ1v) is 15.2. The standard InChI is InChI=1S/C31H36N2O6S/c34-30(22-26-15-18-33(19-16-26)40(37,38)20-17-24-7-3-1-4-8-24)32-29(31(35)36)21-25-11-13-28(14-12-25)39-23-27-9-5-2-6-10-27/h1-14,26,29H,15-23H2,(H,32,34)(H,35,36)/t29-/m0/s1. The lowest BCUT2D eigenvalue weighted by Crippen LogP contribution is -2.44. The van der Waals surface area contributed by atoms with E-state index in [1.165, 1.54) is 4.31 Å². The number of benzene rings is 3. The maximum atomic E-state index is 12.8. The van der Waals surface area contributed by atoms with Crippen LogP contribution < -0.4 is 10.1 Å². The van der Waals surface area contributed by atoms with Crippen LogP contribution in [0.4, 0.5) is 0 Å². The number of ether oxygens (including phenoxy) is 1. The summed E-state index contributed by atoms with van der Waals surface area (Å²) in [7, 11) is -3.37. The highest BCUT2D eigenvalue weighted by molar-refractivity contribution is 7.89. The van der Waals surface area contributed by atoms with Crippen LogP contribution in [0.25, 0.3) is 0 Å². The van der Waals surface area contributed by atoms with Crippen LogP contribution in [0, 0.1) is 5.92 Å². The minimum Gasteiger partial charge on any atom is -0.489 e. The van der Waals surface area contributed by atoms with Crippen LogP contribution in [0.15, 0.2) is 84.9 Å². The van der Waals surface area contributed by atoms with Crippen molar-refractivity contribution < 1.29 is 27.9 Å². The number of carboxylic acid groups (broad SMARTS) is 1. The number of aryl methyl sites for hydroxylation is 1. The van der Waals surface area contributed by atoms with Gasteiger partial charge in [0.2, 0.25) is 15.9 Å². The molecule has 0 unspecified atom stereocenters. The first kappa shape index (κ1) is 29.3. The SMILES string of the molecule is O=C(CC1CCN(S(=O)(=O)CCc2ccccc2)CC1)N[C@@H](Cc1ccc(OCc2ccccc2)cc1)C(=O)O. The van der Waals surface area contributed by atoms with Crippen molar-refractivity contribution in [2.75, 3.05) is 18.8 Å². The third-order valence-corrected chi connectivity index (χ3v) is 9.05. The molecule has 0 aliphatic carbocycles. The van der Waals surface area contributed by atoms with Gasteiger partial charge in [0.05, 0.1) is 5.75 Å². The largest absolute Gasteiger partial charge is 0.489 e. The predicted molar refractivity (Wildman–Crippen MR) is 153 cm³/mol. The van der Waals surface area contributed by atoms with E-state index in [9.17, 15) is 23.1 Å². The van der Waals surface area contributed by atoms with Gasteiger partial charge in [0.1, 0.15) is 18.4 Å². The molecule has 1 amide bonds. The summed E-state index contributed by atoms with van der Waals surface area (Å²) >= 11 is 0. The summed E-state index contributed by atoms with van der Waals surface area (Å²) in [5.41, 5.74) is 2.81. The Morgan fingerprint density at radius 1 is 0.875 bits per heavy atom. The molecule has 3 aromatic rings. The van der Waals surface area contributed by atoms with E-state index in [0.29, 0.717) is 44.7 Å². The van der Waals surface area contributed by atoms with E-state index in [4.69, 9.17) is 4.74 Å². The van der Waals surface area contributed by atoms with E-state index >= 15 is 0 Å². The Kier molecular flexibility index (Phi) is 10.3. The molecule has 1 saturated heterocycles. The normalized spacial score (nSPS) is 15.3. The fourth-order valence-electron chi connectivity index (χ4n) is 4.83. The first-order chi connectivity index (χ1) is 19.3. The molecule has 1 fully saturated rings. The second kappa shape index (κ2) is 14.1. The maximum Gasteiger partial charge on any atom is 0.326 e. The van der Waals surface area contributed by atoms with Gasteiger partial charge in [-0.2, -0.15) is 0 Å². The first-order valence-electron chi connectivity index (χ1n) is 13.6. The Bertz CT molecular complexity index is 1340. The molecule has 40 heavy (non-hydrogen) atoms. The van der Waals surface area contributed by atoms with E-state index in [1.54, 1.807) is 24.3 Å². The summed E-state index contributed by atoms with van der Waals surface area (Å²) in [5, 5.41) is 12.4. The molecule has 0 spiro atoms. The number of aliphatic carboxylic acids is 1. The molecule has 1 aliphatic rings. The summed E-state index contributed by atoms with van der Waals surface area (Å²) < 4.78 is 32.9. The Balaban J connectivity index is 1.21. The van der Waals surface area contributed by atoms with Crippen molar-refractivity contribution in [2.24, 2.45) is 5.92 Å². The number of hydrogen-bond acceptors (Lipinski definition) is 5. The van der Waals surface area contributed by atoms with E-state index in [0.717, 1.165) is 16.7 Å². The fraction of sp³-hybridized carbons (Fsp3) is 0.355. The lowest BCUT2D eigenvalue weighted by atomic mass is 9.94. The van der Waals surface area contributed by atoms with Crippen LogP contribution in [-0.2, 0) is 39.1 Å². The molecule has 0 saturated carbocycles. The Morgan fingerprint density at radius 2 is 1.48 bits per heavy atom. The average Bonchev–Trinajstić information content (AvgIpc) is 2.97. The molecule has 3 aromatic carbocycles. The smallest absolute Gasteiger partial charge is 0.326 e. The maximum absolute atomic E-state index is 12.8. The fourth-order valence-corrected chi connectivity index (χ4v) is 6.35. The van der Waals surface area contributed by atoms with Gasteiger partial charge in [-0.3, -0.25) is 4.79 Å². The minimum absolute atomic E-state index is 0.0102. The average molecular weight is 565 g/mol. The molecular weight excluding hydrogens is 528 g/mol. The zero-order chi connectivity index (χ0) is 28.4. The van der Waals surface area contributed by atoms with Crippen LogP contribution in [-0.4, -0.2) is 54.6 Å². The predicted octanol–water partition coefficient (Wildman–Crippen LogP) is 4.05.